The molecule has 1 aliphatic carbocycles. The van der Waals surface area contributed by atoms with Gasteiger partial charge in [-0.25, -0.2) is 0 Å². The number of aliphatic hydroxyl groups is 1. The smallest absolute Gasteiger partial charge is 0.227 e. The summed E-state index contributed by atoms with van der Waals surface area (Å²) in [6.45, 7) is 2.11. The summed E-state index contributed by atoms with van der Waals surface area (Å²) in [6, 6.07) is 5.50. The second-order valence-electron chi connectivity index (χ2n) is 6.55. The number of rotatable bonds is 6. The lowest BCUT2D eigenvalue weighted by atomic mass is 9.86. The number of aryl methyl sites for hydroxylation is 1. The lowest BCUT2D eigenvalue weighted by Gasteiger charge is -2.30. The number of hydrogen-bond acceptors (Lipinski definition) is 6. The fraction of sp³-hybridized carbons (Fsp3) is 0.529. The Labute approximate surface area is 140 Å². The van der Waals surface area contributed by atoms with Gasteiger partial charge in [-0.3, -0.25) is 9.78 Å². The standard InChI is InChI=1S/C17H22N4O3/c1-17(11-22)9-4-6-13(17)19-14(23)7-8-15-20-16(21-24-15)12-5-2-3-10-18-12/h2-3,5,10,13,22H,4,6-9,11H2,1H3,(H,19,23). The fourth-order valence-corrected chi connectivity index (χ4v) is 3.11. The van der Waals surface area contributed by atoms with Crippen molar-refractivity contribution in [2.24, 2.45) is 5.41 Å². The van der Waals surface area contributed by atoms with Crippen LogP contribution in [-0.2, 0) is 11.2 Å². The SMILES string of the molecule is CC1(CO)CCCC1NC(=O)CCc1nc(-c2ccccn2)no1. The largest absolute Gasteiger partial charge is 0.396 e. The van der Waals surface area contributed by atoms with Crippen molar-refractivity contribution in [1.82, 2.24) is 20.4 Å². The van der Waals surface area contributed by atoms with Gasteiger partial charge in [-0.2, -0.15) is 4.98 Å². The third kappa shape index (κ3) is 3.62. The van der Waals surface area contributed by atoms with Gasteiger partial charge < -0.3 is 14.9 Å². The first-order valence-electron chi connectivity index (χ1n) is 8.25. The molecule has 0 aromatic carbocycles. The van der Waals surface area contributed by atoms with Crippen molar-refractivity contribution in [3.63, 3.8) is 0 Å². The Kier molecular flexibility index (Phi) is 4.89. The zero-order chi connectivity index (χ0) is 17.0. The van der Waals surface area contributed by atoms with Gasteiger partial charge in [0, 0.05) is 30.5 Å². The molecule has 2 heterocycles. The third-order valence-electron chi connectivity index (χ3n) is 4.71. The van der Waals surface area contributed by atoms with Crippen molar-refractivity contribution < 1.29 is 14.4 Å². The zero-order valence-electron chi connectivity index (χ0n) is 13.7. The molecule has 0 spiro atoms. The van der Waals surface area contributed by atoms with Crippen molar-refractivity contribution in [2.45, 2.75) is 45.1 Å². The van der Waals surface area contributed by atoms with Gasteiger partial charge in [-0.15, -0.1) is 0 Å². The van der Waals surface area contributed by atoms with E-state index in [1.165, 1.54) is 0 Å². The molecule has 24 heavy (non-hydrogen) atoms. The Bertz CT molecular complexity index is 688. The zero-order valence-corrected chi connectivity index (χ0v) is 13.7. The van der Waals surface area contributed by atoms with Gasteiger partial charge in [0.15, 0.2) is 0 Å². The van der Waals surface area contributed by atoms with Crippen molar-refractivity contribution in [3.8, 4) is 11.5 Å². The number of nitrogens with one attached hydrogen (secondary N) is 1. The molecule has 2 unspecified atom stereocenters. The number of nitrogens with zero attached hydrogens (tertiary/aromatic N) is 3. The number of aromatic nitrogens is 3. The summed E-state index contributed by atoms with van der Waals surface area (Å²) in [5.74, 6) is 0.788. The minimum absolute atomic E-state index is 0.0294. The highest BCUT2D eigenvalue weighted by molar-refractivity contribution is 5.76. The summed E-state index contributed by atoms with van der Waals surface area (Å²) in [5.41, 5.74) is 0.424. The van der Waals surface area contributed by atoms with Crippen molar-refractivity contribution in [2.75, 3.05) is 6.61 Å². The molecule has 1 aliphatic rings. The molecule has 0 radical (unpaired) electrons. The van der Waals surface area contributed by atoms with Crippen LogP contribution >= 0.6 is 0 Å². The van der Waals surface area contributed by atoms with Gasteiger partial charge in [-0.1, -0.05) is 24.6 Å². The number of aliphatic hydroxyl groups excluding tert-OH is 1. The average molecular weight is 330 g/mol. The topological polar surface area (TPSA) is 101 Å². The molecule has 1 saturated carbocycles. The molecule has 7 nitrogen and oxygen atoms in total. The van der Waals surface area contributed by atoms with Crippen LogP contribution in [0.25, 0.3) is 11.5 Å². The van der Waals surface area contributed by atoms with Crippen LogP contribution in [0.5, 0.6) is 0 Å². The fourth-order valence-electron chi connectivity index (χ4n) is 3.11. The highest BCUT2D eigenvalue weighted by Gasteiger charge is 2.38. The first-order valence-corrected chi connectivity index (χ1v) is 8.25. The maximum Gasteiger partial charge on any atom is 0.227 e. The maximum atomic E-state index is 12.2. The van der Waals surface area contributed by atoms with Crippen molar-refractivity contribution in [3.05, 3.63) is 30.3 Å². The van der Waals surface area contributed by atoms with Crippen LogP contribution in [0.15, 0.2) is 28.9 Å². The minimum Gasteiger partial charge on any atom is -0.396 e. The van der Waals surface area contributed by atoms with E-state index >= 15 is 0 Å². The molecule has 0 saturated heterocycles. The van der Waals surface area contributed by atoms with Crippen LogP contribution in [-0.4, -0.2) is 38.8 Å². The Balaban J connectivity index is 1.53. The summed E-state index contributed by atoms with van der Waals surface area (Å²) >= 11 is 0. The van der Waals surface area contributed by atoms with E-state index in [-0.39, 0.29) is 30.4 Å². The molecule has 2 N–H and O–H groups in total. The molecule has 1 fully saturated rings. The van der Waals surface area contributed by atoms with Crippen LogP contribution in [0.4, 0.5) is 0 Å². The van der Waals surface area contributed by atoms with E-state index in [0.717, 1.165) is 19.3 Å². The van der Waals surface area contributed by atoms with Crippen LogP contribution in [0.2, 0.25) is 0 Å². The highest BCUT2D eigenvalue weighted by atomic mass is 16.5. The molecule has 128 valence electrons. The van der Waals surface area contributed by atoms with Crippen molar-refractivity contribution in [1.29, 1.82) is 0 Å². The number of carbonyl (C=O) groups is 1. The summed E-state index contributed by atoms with van der Waals surface area (Å²) in [7, 11) is 0. The van der Waals surface area contributed by atoms with Crippen LogP contribution < -0.4 is 5.32 Å². The van der Waals surface area contributed by atoms with Gasteiger partial charge in [0.1, 0.15) is 5.69 Å². The van der Waals surface area contributed by atoms with Gasteiger partial charge in [-0.05, 0) is 25.0 Å². The van der Waals surface area contributed by atoms with Crippen molar-refractivity contribution >= 4 is 5.91 Å². The maximum absolute atomic E-state index is 12.2. The molecule has 0 bridgehead atoms. The first-order chi connectivity index (χ1) is 11.6. The van der Waals surface area contributed by atoms with E-state index in [1.807, 2.05) is 19.1 Å². The molecule has 2 atom stereocenters. The molecular weight excluding hydrogens is 308 g/mol. The summed E-state index contributed by atoms with van der Waals surface area (Å²) in [4.78, 5) is 20.6. The highest BCUT2D eigenvalue weighted by Crippen LogP contribution is 2.37. The molecule has 0 aliphatic heterocycles. The van der Waals surface area contributed by atoms with E-state index in [4.69, 9.17) is 4.52 Å². The van der Waals surface area contributed by atoms with Crippen LogP contribution in [0.1, 0.15) is 38.5 Å². The summed E-state index contributed by atoms with van der Waals surface area (Å²) < 4.78 is 5.18. The Morgan fingerprint density at radius 2 is 2.38 bits per heavy atom. The monoisotopic (exact) mass is 330 g/mol. The second-order valence-corrected chi connectivity index (χ2v) is 6.55. The van der Waals surface area contributed by atoms with Gasteiger partial charge in [0.05, 0.1) is 6.61 Å². The molecule has 3 rings (SSSR count). The summed E-state index contributed by atoms with van der Waals surface area (Å²) in [5, 5.41) is 16.5. The van der Waals surface area contributed by atoms with Crippen LogP contribution in [0.3, 0.4) is 0 Å². The second kappa shape index (κ2) is 7.09. The molecule has 2 aromatic heterocycles. The van der Waals surface area contributed by atoms with Crippen LogP contribution in [0, 0.1) is 5.41 Å². The number of amides is 1. The molecule has 2 aromatic rings. The van der Waals surface area contributed by atoms with E-state index in [9.17, 15) is 9.90 Å². The molecule has 1 amide bonds. The average Bonchev–Trinajstić information content (AvgIpc) is 3.22. The van der Waals surface area contributed by atoms with Gasteiger partial charge >= 0.3 is 0 Å². The lowest BCUT2D eigenvalue weighted by molar-refractivity contribution is -0.122. The minimum atomic E-state index is -0.216. The van der Waals surface area contributed by atoms with Gasteiger partial charge in [0.25, 0.3) is 0 Å². The predicted molar refractivity (Wildman–Crippen MR) is 86.8 cm³/mol. The van der Waals surface area contributed by atoms with E-state index in [2.05, 4.69) is 20.4 Å². The quantitative estimate of drug-likeness (QED) is 0.836. The molecular formula is C17H22N4O3. The van der Waals surface area contributed by atoms with E-state index in [0.29, 0.717) is 23.8 Å². The first kappa shape index (κ1) is 16.6. The number of carbonyl (C=O) groups excluding carboxylic acids is 1. The molecule has 7 heteroatoms. The number of pyridine rings is 1. The van der Waals surface area contributed by atoms with Gasteiger partial charge in [0.2, 0.25) is 17.6 Å². The normalized spacial score (nSPS) is 23.3. The Morgan fingerprint density at radius 3 is 3.12 bits per heavy atom. The predicted octanol–water partition coefficient (Wildman–Crippen LogP) is 1.73. The Hall–Kier alpha value is -2.28. The summed E-state index contributed by atoms with van der Waals surface area (Å²) in [6.07, 6.45) is 5.20. The Morgan fingerprint density at radius 1 is 1.50 bits per heavy atom. The van der Waals surface area contributed by atoms with E-state index < -0.39 is 0 Å². The number of hydrogen-bond donors (Lipinski definition) is 2. The lowest BCUT2D eigenvalue weighted by Crippen LogP contribution is -2.44. The third-order valence-corrected chi connectivity index (χ3v) is 4.71. The van der Waals surface area contributed by atoms with E-state index in [1.54, 1.807) is 12.3 Å².